The summed E-state index contributed by atoms with van der Waals surface area (Å²) in [5.41, 5.74) is -0.229. The number of rotatable bonds is 6. The third kappa shape index (κ3) is 4.39. The molecule has 3 rings (SSSR count). The molecule has 3 aromatic rings. The predicted molar refractivity (Wildman–Crippen MR) is 118 cm³/mol. The van der Waals surface area contributed by atoms with Gasteiger partial charge in [-0.25, -0.2) is 14.2 Å². The van der Waals surface area contributed by atoms with Crippen LogP contribution in [0.25, 0.3) is 11.0 Å². The van der Waals surface area contributed by atoms with E-state index >= 15 is 0 Å². The Kier molecular flexibility index (Phi) is 6.59. The number of nitrogens with one attached hydrogen (secondary N) is 1. The molecule has 1 aromatic carbocycles. The highest BCUT2D eigenvalue weighted by Gasteiger charge is 2.23. The van der Waals surface area contributed by atoms with E-state index in [0.29, 0.717) is 18.7 Å². The number of amides is 1. The molecule has 1 N–H and O–H groups in total. The van der Waals surface area contributed by atoms with Crippen molar-refractivity contribution >= 4 is 28.5 Å². The average molecular weight is 447 g/mol. The Balaban J connectivity index is 2.20. The first-order valence-corrected chi connectivity index (χ1v) is 10.4. The minimum Gasteiger partial charge on any atom is -0.337 e. The van der Waals surface area contributed by atoms with Crippen LogP contribution in [0.5, 0.6) is 0 Å². The molecule has 2 aromatic heterocycles. The second-order valence-electron chi connectivity index (χ2n) is 7.72. The number of hydrogen-bond donors (Lipinski definition) is 1. The fourth-order valence-corrected chi connectivity index (χ4v) is 3.61. The van der Waals surface area contributed by atoms with Crippen molar-refractivity contribution in [3.8, 4) is 0 Å². The van der Waals surface area contributed by atoms with E-state index in [2.05, 4.69) is 9.97 Å². The van der Waals surface area contributed by atoms with Crippen LogP contribution in [-0.4, -0.2) is 32.4 Å². The summed E-state index contributed by atoms with van der Waals surface area (Å²) in [6.45, 7) is 5.96. The lowest BCUT2D eigenvalue weighted by Crippen LogP contribution is -2.34. The molecule has 0 spiro atoms. The van der Waals surface area contributed by atoms with Gasteiger partial charge in [-0.15, -0.1) is 0 Å². The zero-order valence-electron chi connectivity index (χ0n) is 17.8. The number of nitrogens with zero attached hydrogens (tertiary/aromatic N) is 3. The van der Waals surface area contributed by atoms with Crippen molar-refractivity contribution in [2.45, 2.75) is 46.2 Å². The Morgan fingerprint density at radius 1 is 1.32 bits per heavy atom. The zero-order chi connectivity index (χ0) is 22.9. The van der Waals surface area contributed by atoms with E-state index in [4.69, 9.17) is 11.6 Å². The Morgan fingerprint density at radius 3 is 2.65 bits per heavy atom. The molecule has 0 saturated carbocycles. The second kappa shape index (κ2) is 9.01. The third-order valence-corrected chi connectivity index (χ3v) is 5.40. The van der Waals surface area contributed by atoms with Crippen molar-refractivity contribution < 1.29 is 9.18 Å². The molecule has 31 heavy (non-hydrogen) atoms. The minimum atomic E-state index is -0.684. The van der Waals surface area contributed by atoms with Crippen LogP contribution in [0.15, 0.2) is 33.9 Å². The highest BCUT2D eigenvalue weighted by Crippen LogP contribution is 2.24. The van der Waals surface area contributed by atoms with Gasteiger partial charge in [-0.1, -0.05) is 38.4 Å². The van der Waals surface area contributed by atoms with Crippen molar-refractivity contribution in [3.05, 3.63) is 72.8 Å². The Hall–Kier alpha value is -3.00. The largest absolute Gasteiger partial charge is 0.337 e. The van der Waals surface area contributed by atoms with E-state index in [1.165, 1.54) is 28.6 Å². The highest BCUT2D eigenvalue weighted by atomic mass is 35.5. The first-order valence-electron chi connectivity index (χ1n) is 10.0. The van der Waals surface area contributed by atoms with Crippen LogP contribution in [0, 0.1) is 5.82 Å². The molecule has 164 valence electrons. The zero-order valence-corrected chi connectivity index (χ0v) is 18.6. The van der Waals surface area contributed by atoms with E-state index in [1.54, 1.807) is 12.1 Å². The van der Waals surface area contributed by atoms with Crippen molar-refractivity contribution in [1.29, 1.82) is 0 Å². The Morgan fingerprint density at radius 2 is 2.03 bits per heavy atom. The van der Waals surface area contributed by atoms with Gasteiger partial charge in [0.25, 0.3) is 11.5 Å². The van der Waals surface area contributed by atoms with Gasteiger partial charge in [0.1, 0.15) is 5.82 Å². The molecule has 0 saturated heterocycles. The molecule has 0 unspecified atom stereocenters. The van der Waals surface area contributed by atoms with Crippen molar-refractivity contribution in [2.24, 2.45) is 0 Å². The van der Waals surface area contributed by atoms with Gasteiger partial charge < -0.3 is 4.90 Å². The summed E-state index contributed by atoms with van der Waals surface area (Å²) in [6.07, 6.45) is 0.642. The van der Waals surface area contributed by atoms with Crippen molar-refractivity contribution in [2.75, 3.05) is 7.05 Å². The summed E-state index contributed by atoms with van der Waals surface area (Å²) < 4.78 is 15.6. The highest BCUT2D eigenvalue weighted by molar-refractivity contribution is 6.31. The molecule has 0 aliphatic rings. The molecule has 1 amide bonds. The standard InChI is InChI=1S/C22H24ClFN4O3/c1-5-9-28-19-18(20(29)26-22(28)31)13(10-17(25-19)12(2)3)21(30)27(4)11-14-15(23)7-6-8-16(14)24/h6-8,10,12H,5,9,11H2,1-4H3,(H,26,29,31). The van der Waals surface area contributed by atoms with Gasteiger partial charge in [0, 0.05) is 36.4 Å². The normalized spacial score (nSPS) is 11.3. The third-order valence-electron chi connectivity index (χ3n) is 5.04. The number of aromatic amines is 1. The van der Waals surface area contributed by atoms with Crippen molar-refractivity contribution in [1.82, 2.24) is 19.4 Å². The molecule has 0 aliphatic heterocycles. The number of H-pyrrole nitrogens is 1. The van der Waals surface area contributed by atoms with Crippen LogP contribution in [0.4, 0.5) is 4.39 Å². The smallest absolute Gasteiger partial charge is 0.329 e. The fraction of sp³-hybridized carbons (Fsp3) is 0.364. The van der Waals surface area contributed by atoms with E-state index in [1.807, 2.05) is 20.8 Å². The number of halogens is 2. The van der Waals surface area contributed by atoms with Gasteiger partial charge in [0.05, 0.1) is 10.9 Å². The first kappa shape index (κ1) is 22.7. The minimum absolute atomic E-state index is 0.0360. The number of aromatic nitrogens is 3. The molecule has 7 nitrogen and oxygen atoms in total. The fourth-order valence-electron chi connectivity index (χ4n) is 3.39. The summed E-state index contributed by atoms with van der Waals surface area (Å²) >= 11 is 6.10. The van der Waals surface area contributed by atoms with Gasteiger partial charge in [0.2, 0.25) is 0 Å². The maximum atomic E-state index is 14.2. The van der Waals surface area contributed by atoms with Gasteiger partial charge >= 0.3 is 5.69 Å². The van der Waals surface area contributed by atoms with E-state index in [9.17, 15) is 18.8 Å². The second-order valence-corrected chi connectivity index (χ2v) is 8.13. The summed E-state index contributed by atoms with van der Waals surface area (Å²) in [6, 6.07) is 5.86. The summed E-state index contributed by atoms with van der Waals surface area (Å²) in [5.74, 6) is -1.07. The maximum Gasteiger partial charge on any atom is 0.329 e. The first-order chi connectivity index (χ1) is 14.6. The predicted octanol–water partition coefficient (Wildman–Crippen LogP) is 3.68. The number of hydrogen-bond acceptors (Lipinski definition) is 4. The summed E-state index contributed by atoms with van der Waals surface area (Å²) in [7, 11) is 1.50. The number of carbonyl (C=O) groups excluding carboxylic acids is 1. The maximum absolute atomic E-state index is 14.2. The van der Waals surface area contributed by atoms with Gasteiger partial charge in [0.15, 0.2) is 5.65 Å². The summed E-state index contributed by atoms with van der Waals surface area (Å²) in [5, 5.41) is 0.241. The van der Waals surface area contributed by atoms with E-state index in [-0.39, 0.29) is 39.6 Å². The monoisotopic (exact) mass is 446 g/mol. The summed E-state index contributed by atoms with van der Waals surface area (Å²) in [4.78, 5) is 46.5. The Labute approximate surface area is 183 Å². The quantitative estimate of drug-likeness (QED) is 0.625. The molecule has 0 fully saturated rings. The van der Waals surface area contributed by atoms with Gasteiger partial charge in [-0.05, 0) is 30.5 Å². The van der Waals surface area contributed by atoms with Gasteiger partial charge in [-0.3, -0.25) is 19.1 Å². The molecule has 0 aliphatic carbocycles. The lowest BCUT2D eigenvalue weighted by Gasteiger charge is -2.20. The van der Waals surface area contributed by atoms with Crippen LogP contribution in [0.2, 0.25) is 5.02 Å². The lowest BCUT2D eigenvalue weighted by molar-refractivity contribution is 0.0785. The van der Waals surface area contributed by atoms with Crippen LogP contribution < -0.4 is 11.2 Å². The van der Waals surface area contributed by atoms with Crippen LogP contribution in [-0.2, 0) is 13.1 Å². The van der Waals surface area contributed by atoms with Gasteiger partial charge in [-0.2, -0.15) is 0 Å². The van der Waals surface area contributed by atoms with Crippen LogP contribution >= 0.6 is 11.6 Å². The molecule has 2 heterocycles. The molecule has 0 radical (unpaired) electrons. The van der Waals surface area contributed by atoms with Crippen LogP contribution in [0.3, 0.4) is 0 Å². The van der Waals surface area contributed by atoms with E-state index < -0.39 is 23.0 Å². The number of pyridine rings is 1. The SMILES string of the molecule is CCCn1c(=O)[nH]c(=O)c2c(C(=O)N(C)Cc3c(F)cccc3Cl)cc(C(C)C)nc21. The molecular weight excluding hydrogens is 423 g/mol. The Bertz CT molecular complexity index is 1250. The number of fused-ring (bicyclic) bond motifs is 1. The van der Waals surface area contributed by atoms with E-state index in [0.717, 1.165) is 0 Å². The number of benzene rings is 1. The lowest BCUT2D eigenvalue weighted by atomic mass is 10.0. The molecular formula is C22H24ClFN4O3. The number of carbonyl (C=O) groups is 1. The van der Waals surface area contributed by atoms with Crippen LogP contribution in [0.1, 0.15) is 54.7 Å². The number of aryl methyl sites for hydroxylation is 1. The topological polar surface area (TPSA) is 88.1 Å². The van der Waals surface area contributed by atoms with Crippen molar-refractivity contribution in [3.63, 3.8) is 0 Å². The molecule has 0 atom stereocenters. The molecule has 9 heteroatoms. The average Bonchev–Trinajstić information content (AvgIpc) is 2.72. The molecule has 0 bridgehead atoms.